The van der Waals surface area contributed by atoms with Crippen molar-refractivity contribution in [2.75, 3.05) is 31.2 Å². The summed E-state index contributed by atoms with van der Waals surface area (Å²) in [5.41, 5.74) is 0.923. The van der Waals surface area contributed by atoms with Crippen molar-refractivity contribution in [3.8, 4) is 0 Å². The van der Waals surface area contributed by atoms with Crippen molar-refractivity contribution < 1.29 is 4.74 Å². The molecule has 3 rings (SSSR count). The Kier molecular flexibility index (Phi) is 2.67. The Bertz CT molecular complexity index is 510. The van der Waals surface area contributed by atoms with Crippen LogP contribution < -0.4 is 4.90 Å². The van der Waals surface area contributed by atoms with Crippen molar-refractivity contribution in [2.24, 2.45) is 0 Å². The van der Waals surface area contributed by atoms with Gasteiger partial charge in [-0.25, -0.2) is 9.97 Å². The van der Waals surface area contributed by atoms with Crippen LogP contribution >= 0.6 is 22.9 Å². The number of morpholine rings is 1. The number of pyridine rings is 1. The van der Waals surface area contributed by atoms with Crippen LogP contribution in [0.5, 0.6) is 0 Å². The summed E-state index contributed by atoms with van der Waals surface area (Å²) in [5, 5.41) is 1.52. The monoisotopic (exact) mass is 255 g/mol. The number of thiazole rings is 1. The minimum atomic E-state index is 0.492. The lowest BCUT2D eigenvalue weighted by molar-refractivity contribution is 0.122. The predicted octanol–water partition coefficient (Wildman–Crippen LogP) is 2.18. The van der Waals surface area contributed by atoms with Crippen molar-refractivity contribution in [3.05, 3.63) is 17.4 Å². The van der Waals surface area contributed by atoms with Crippen LogP contribution in [0.15, 0.2) is 12.3 Å². The van der Waals surface area contributed by atoms with E-state index in [4.69, 9.17) is 16.3 Å². The number of halogens is 1. The summed E-state index contributed by atoms with van der Waals surface area (Å²) in [6.45, 7) is 3.35. The van der Waals surface area contributed by atoms with E-state index < -0.39 is 0 Å². The summed E-state index contributed by atoms with van der Waals surface area (Å²) in [5.74, 6) is 0. The van der Waals surface area contributed by atoms with Crippen LogP contribution in [0, 0.1) is 0 Å². The molecule has 0 amide bonds. The lowest BCUT2D eigenvalue weighted by Crippen LogP contribution is -2.36. The summed E-state index contributed by atoms with van der Waals surface area (Å²) < 4.78 is 6.39. The highest BCUT2D eigenvalue weighted by Gasteiger charge is 2.15. The molecular weight excluding hydrogens is 246 g/mol. The van der Waals surface area contributed by atoms with Crippen molar-refractivity contribution >= 4 is 38.3 Å². The van der Waals surface area contributed by atoms with E-state index in [1.807, 2.05) is 0 Å². The van der Waals surface area contributed by atoms with Gasteiger partial charge in [0.1, 0.15) is 5.15 Å². The molecule has 16 heavy (non-hydrogen) atoms. The molecule has 0 bridgehead atoms. The summed E-state index contributed by atoms with van der Waals surface area (Å²) in [6, 6.07) is 1.80. The smallest absolute Gasteiger partial charge is 0.186 e. The van der Waals surface area contributed by atoms with Crippen molar-refractivity contribution in [2.45, 2.75) is 0 Å². The maximum atomic E-state index is 5.83. The quantitative estimate of drug-likeness (QED) is 0.732. The van der Waals surface area contributed by atoms with E-state index >= 15 is 0 Å². The zero-order valence-corrected chi connectivity index (χ0v) is 10.1. The number of fused-ring (bicyclic) bond motifs is 1. The van der Waals surface area contributed by atoms with E-state index in [9.17, 15) is 0 Å². The molecule has 2 aromatic rings. The van der Waals surface area contributed by atoms with Crippen molar-refractivity contribution in [1.29, 1.82) is 0 Å². The zero-order chi connectivity index (χ0) is 11.0. The second-order valence-corrected chi connectivity index (χ2v) is 4.97. The number of anilines is 1. The molecule has 0 N–H and O–H groups in total. The number of hydrogen-bond acceptors (Lipinski definition) is 5. The molecule has 0 saturated carbocycles. The van der Waals surface area contributed by atoms with Gasteiger partial charge in [0.15, 0.2) is 5.13 Å². The molecule has 2 aromatic heterocycles. The standard InChI is InChI=1S/C10H10ClN3OS/c11-9-5-7-8(6-12-9)16-10(13-7)14-1-3-15-4-2-14/h5-6H,1-4H2. The third-order valence-corrected chi connectivity index (χ3v) is 3.79. The van der Waals surface area contributed by atoms with E-state index in [2.05, 4.69) is 14.9 Å². The van der Waals surface area contributed by atoms with Gasteiger partial charge in [-0.3, -0.25) is 0 Å². The molecule has 1 fully saturated rings. The molecule has 3 heterocycles. The first-order valence-electron chi connectivity index (χ1n) is 5.08. The average Bonchev–Trinajstić information content (AvgIpc) is 2.73. The lowest BCUT2D eigenvalue weighted by atomic mass is 10.4. The van der Waals surface area contributed by atoms with Crippen LogP contribution in [-0.4, -0.2) is 36.3 Å². The second-order valence-electron chi connectivity index (χ2n) is 3.57. The Hall–Kier alpha value is -0.910. The van der Waals surface area contributed by atoms with Gasteiger partial charge >= 0.3 is 0 Å². The van der Waals surface area contributed by atoms with E-state index in [1.54, 1.807) is 23.6 Å². The Labute approximate surface area is 102 Å². The van der Waals surface area contributed by atoms with Gasteiger partial charge in [-0.15, -0.1) is 0 Å². The molecule has 1 aliphatic rings. The molecule has 1 aliphatic heterocycles. The van der Waals surface area contributed by atoms with Crippen LogP contribution in [0.25, 0.3) is 10.2 Å². The fourth-order valence-electron chi connectivity index (χ4n) is 1.69. The van der Waals surface area contributed by atoms with Crippen LogP contribution in [0.3, 0.4) is 0 Å². The Morgan fingerprint density at radius 1 is 1.38 bits per heavy atom. The van der Waals surface area contributed by atoms with Gasteiger partial charge in [0.2, 0.25) is 0 Å². The molecular formula is C10H10ClN3OS. The average molecular weight is 256 g/mol. The van der Waals surface area contributed by atoms with Crippen molar-refractivity contribution in [3.63, 3.8) is 0 Å². The molecule has 0 spiro atoms. The van der Waals surface area contributed by atoms with Crippen molar-refractivity contribution in [1.82, 2.24) is 9.97 Å². The molecule has 4 nitrogen and oxygen atoms in total. The molecule has 0 aromatic carbocycles. The molecule has 0 aliphatic carbocycles. The van der Waals surface area contributed by atoms with Crippen LogP contribution in [0.2, 0.25) is 5.15 Å². The third-order valence-electron chi connectivity index (χ3n) is 2.51. The zero-order valence-electron chi connectivity index (χ0n) is 8.52. The largest absolute Gasteiger partial charge is 0.378 e. The number of nitrogens with zero attached hydrogens (tertiary/aromatic N) is 3. The topological polar surface area (TPSA) is 38.2 Å². The van der Waals surface area contributed by atoms with Crippen LogP contribution in [-0.2, 0) is 4.74 Å². The van der Waals surface area contributed by atoms with E-state index in [0.717, 1.165) is 41.7 Å². The first-order chi connectivity index (χ1) is 7.83. The highest BCUT2D eigenvalue weighted by molar-refractivity contribution is 7.22. The Balaban J connectivity index is 1.97. The number of rotatable bonds is 1. The van der Waals surface area contributed by atoms with Gasteiger partial charge in [0.25, 0.3) is 0 Å². The molecule has 0 unspecified atom stereocenters. The number of aromatic nitrogens is 2. The SMILES string of the molecule is Clc1cc2nc(N3CCOCC3)sc2cn1. The summed E-state index contributed by atoms with van der Waals surface area (Å²) >= 11 is 7.48. The van der Waals surface area contributed by atoms with Crippen LogP contribution in [0.1, 0.15) is 0 Å². The normalized spacial score (nSPS) is 16.9. The van der Waals surface area contributed by atoms with Crippen LogP contribution in [0.4, 0.5) is 5.13 Å². The van der Waals surface area contributed by atoms with Gasteiger partial charge in [0.05, 0.1) is 23.4 Å². The number of ether oxygens (including phenoxy) is 1. The molecule has 6 heteroatoms. The molecule has 0 atom stereocenters. The fourth-order valence-corrected chi connectivity index (χ4v) is 2.81. The predicted molar refractivity (Wildman–Crippen MR) is 65.5 cm³/mol. The number of hydrogen-bond donors (Lipinski definition) is 0. The summed E-state index contributed by atoms with van der Waals surface area (Å²) in [4.78, 5) is 10.9. The molecule has 0 radical (unpaired) electrons. The van der Waals surface area contributed by atoms with Gasteiger partial charge in [-0.05, 0) is 0 Å². The molecule has 1 saturated heterocycles. The third kappa shape index (κ3) is 1.86. The summed E-state index contributed by atoms with van der Waals surface area (Å²) in [6.07, 6.45) is 1.78. The first-order valence-corrected chi connectivity index (χ1v) is 6.27. The first kappa shape index (κ1) is 10.3. The second kappa shape index (κ2) is 4.16. The van der Waals surface area contributed by atoms with Gasteiger partial charge in [0, 0.05) is 25.4 Å². The van der Waals surface area contributed by atoms with E-state index in [-0.39, 0.29) is 0 Å². The highest BCUT2D eigenvalue weighted by Crippen LogP contribution is 2.29. The van der Waals surface area contributed by atoms with E-state index in [0.29, 0.717) is 5.15 Å². The minimum absolute atomic E-state index is 0.492. The van der Waals surface area contributed by atoms with Gasteiger partial charge in [-0.2, -0.15) is 0 Å². The highest BCUT2D eigenvalue weighted by atomic mass is 35.5. The van der Waals surface area contributed by atoms with E-state index in [1.165, 1.54) is 0 Å². The maximum absolute atomic E-state index is 5.83. The Morgan fingerprint density at radius 2 is 2.19 bits per heavy atom. The minimum Gasteiger partial charge on any atom is -0.378 e. The Morgan fingerprint density at radius 3 is 3.00 bits per heavy atom. The fraction of sp³-hybridized carbons (Fsp3) is 0.400. The van der Waals surface area contributed by atoms with Gasteiger partial charge < -0.3 is 9.64 Å². The summed E-state index contributed by atoms with van der Waals surface area (Å²) in [7, 11) is 0. The maximum Gasteiger partial charge on any atom is 0.186 e. The molecule has 84 valence electrons. The van der Waals surface area contributed by atoms with Gasteiger partial charge in [-0.1, -0.05) is 22.9 Å². The lowest BCUT2D eigenvalue weighted by Gasteiger charge is -2.25.